The first-order valence-corrected chi connectivity index (χ1v) is 12.8. The Balaban J connectivity index is 1.44. The summed E-state index contributed by atoms with van der Waals surface area (Å²) in [5.74, 6) is -0.364. The Morgan fingerprint density at radius 2 is 1.88 bits per heavy atom. The van der Waals surface area contributed by atoms with E-state index in [4.69, 9.17) is 11.6 Å². The largest absolute Gasteiger partial charge is 0.336 e. The molecule has 1 atom stereocenters. The van der Waals surface area contributed by atoms with Gasteiger partial charge in [0, 0.05) is 41.4 Å². The molecule has 34 heavy (non-hydrogen) atoms. The maximum Gasteiger partial charge on any atom is 0.262 e. The maximum atomic E-state index is 13.8. The first-order valence-electron chi connectivity index (χ1n) is 11.1. The van der Waals surface area contributed by atoms with Gasteiger partial charge in [-0.15, -0.1) is 0 Å². The van der Waals surface area contributed by atoms with Crippen molar-refractivity contribution < 1.29 is 14.4 Å². The molecule has 2 aliphatic rings. The highest BCUT2D eigenvalue weighted by atomic mass is 35.5. The molecule has 1 unspecified atom stereocenters. The van der Waals surface area contributed by atoms with Gasteiger partial charge in [-0.3, -0.25) is 24.4 Å². The van der Waals surface area contributed by atoms with Crippen LogP contribution >= 0.6 is 23.4 Å². The van der Waals surface area contributed by atoms with Gasteiger partial charge < -0.3 is 4.90 Å². The lowest BCUT2D eigenvalue weighted by molar-refractivity contribution is -0.136. The second-order valence-corrected chi connectivity index (χ2v) is 9.79. The number of halogens is 1. The zero-order chi connectivity index (χ0) is 23.8. The molecular formula is C25H23ClN4O3S. The monoisotopic (exact) mass is 494 g/mol. The first-order chi connectivity index (χ1) is 16.5. The summed E-state index contributed by atoms with van der Waals surface area (Å²) in [6, 6.07) is 13.3. The van der Waals surface area contributed by atoms with Crippen LogP contribution in [-0.4, -0.2) is 62.3 Å². The van der Waals surface area contributed by atoms with Crippen molar-refractivity contribution >= 4 is 41.1 Å². The average molecular weight is 495 g/mol. The number of nitrogens with one attached hydrogen (secondary N) is 1. The molecule has 174 valence electrons. The highest BCUT2D eigenvalue weighted by molar-refractivity contribution is 7.98. The molecule has 0 aliphatic carbocycles. The van der Waals surface area contributed by atoms with Crippen LogP contribution in [0.1, 0.15) is 38.4 Å². The van der Waals surface area contributed by atoms with Crippen LogP contribution in [0.4, 0.5) is 0 Å². The number of benzene rings is 2. The van der Waals surface area contributed by atoms with Crippen molar-refractivity contribution in [1.82, 2.24) is 20.0 Å². The number of nitrogens with zero attached hydrogens (tertiary/aromatic N) is 3. The van der Waals surface area contributed by atoms with E-state index in [1.165, 1.54) is 0 Å². The van der Waals surface area contributed by atoms with Gasteiger partial charge in [-0.05, 0) is 42.7 Å². The molecule has 3 amide bonds. The van der Waals surface area contributed by atoms with Crippen LogP contribution in [0.2, 0.25) is 5.02 Å². The molecule has 1 aromatic heterocycles. The van der Waals surface area contributed by atoms with Gasteiger partial charge in [0.05, 0.1) is 16.8 Å². The van der Waals surface area contributed by atoms with Crippen molar-refractivity contribution in [2.45, 2.75) is 25.4 Å². The fourth-order valence-electron chi connectivity index (χ4n) is 4.65. The Bertz CT molecular complexity index is 1260. The molecule has 3 aromatic rings. The Labute approximate surface area is 206 Å². The third-order valence-corrected chi connectivity index (χ3v) is 7.24. The summed E-state index contributed by atoms with van der Waals surface area (Å²) >= 11 is 7.76. The molecule has 9 heteroatoms. The predicted molar refractivity (Wildman–Crippen MR) is 132 cm³/mol. The number of carbonyl (C=O) groups excluding carboxylic acids is 3. The van der Waals surface area contributed by atoms with Crippen molar-refractivity contribution in [2.24, 2.45) is 0 Å². The lowest BCUT2D eigenvalue weighted by Crippen LogP contribution is -2.52. The standard InChI is InChI=1S/C25H23ClN4O3S/c1-34-12-10-21(30-23(31)17-7-2-3-8-18(17)24(30)32)25(33)29-11-9-20-19(14-29)22(28-27-20)15-5-4-6-16(26)13-15/h2-8,13,21H,9-12,14H2,1H3,(H,27,28). The quantitative estimate of drug-likeness (QED) is 0.523. The highest BCUT2D eigenvalue weighted by Crippen LogP contribution is 2.32. The minimum atomic E-state index is -0.845. The lowest BCUT2D eigenvalue weighted by atomic mass is 10.00. The minimum Gasteiger partial charge on any atom is -0.336 e. The topological polar surface area (TPSA) is 86.4 Å². The number of H-pyrrole nitrogens is 1. The first kappa shape index (κ1) is 22.7. The number of aromatic nitrogens is 2. The van der Waals surface area contributed by atoms with Gasteiger partial charge in [0.1, 0.15) is 6.04 Å². The summed E-state index contributed by atoms with van der Waals surface area (Å²) in [7, 11) is 0. The van der Waals surface area contributed by atoms with Crippen LogP contribution in [0, 0.1) is 0 Å². The second kappa shape index (κ2) is 9.27. The van der Waals surface area contributed by atoms with Crippen molar-refractivity contribution in [1.29, 1.82) is 0 Å². The molecule has 0 spiro atoms. The van der Waals surface area contributed by atoms with E-state index in [9.17, 15) is 14.4 Å². The number of carbonyl (C=O) groups is 3. The molecule has 0 fully saturated rings. The molecule has 3 heterocycles. The van der Waals surface area contributed by atoms with Crippen molar-refractivity contribution in [3.8, 4) is 11.3 Å². The Kier molecular flexibility index (Phi) is 6.18. The zero-order valence-electron chi connectivity index (χ0n) is 18.6. The molecule has 0 bridgehead atoms. The normalized spacial score (nSPS) is 15.9. The molecule has 2 aliphatic heterocycles. The van der Waals surface area contributed by atoms with E-state index < -0.39 is 17.9 Å². The number of thioether (sulfide) groups is 1. The van der Waals surface area contributed by atoms with E-state index in [2.05, 4.69) is 10.2 Å². The third-order valence-electron chi connectivity index (χ3n) is 6.36. The van der Waals surface area contributed by atoms with Gasteiger partial charge in [0.2, 0.25) is 5.91 Å². The molecule has 0 radical (unpaired) electrons. The van der Waals surface area contributed by atoms with Gasteiger partial charge in [0.15, 0.2) is 0 Å². The summed E-state index contributed by atoms with van der Waals surface area (Å²) < 4.78 is 0. The van der Waals surface area contributed by atoms with Crippen molar-refractivity contribution in [3.05, 3.63) is 75.9 Å². The lowest BCUT2D eigenvalue weighted by Gasteiger charge is -2.33. The fourth-order valence-corrected chi connectivity index (χ4v) is 5.30. The van der Waals surface area contributed by atoms with Crippen LogP contribution in [0.5, 0.6) is 0 Å². The summed E-state index contributed by atoms with van der Waals surface area (Å²) in [5.41, 5.74) is 4.27. The number of imide groups is 1. The number of fused-ring (bicyclic) bond motifs is 2. The number of hydrogen-bond acceptors (Lipinski definition) is 5. The number of rotatable bonds is 6. The molecule has 0 saturated carbocycles. The summed E-state index contributed by atoms with van der Waals surface area (Å²) in [4.78, 5) is 42.9. The predicted octanol–water partition coefficient (Wildman–Crippen LogP) is 4.03. The number of hydrogen-bond donors (Lipinski definition) is 1. The smallest absolute Gasteiger partial charge is 0.262 e. The molecule has 7 nitrogen and oxygen atoms in total. The molecule has 2 aromatic carbocycles. The SMILES string of the molecule is CSCCC(C(=O)N1CCc2[nH]nc(-c3cccc(Cl)c3)c2C1)N1C(=O)c2ccccc2C1=O. The zero-order valence-corrected chi connectivity index (χ0v) is 20.2. The molecular weight excluding hydrogens is 472 g/mol. The summed E-state index contributed by atoms with van der Waals surface area (Å²) in [6.07, 6.45) is 2.97. The molecule has 5 rings (SSSR count). The van der Waals surface area contributed by atoms with E-state index in [0.29, 0.717) is 47.8 Å². The Hall–Kier alpha value is -3.10. The van der Waals surface area contributed by atoms with Crippen LogP contribution in [0.25, 0.3) is 11.3 Å². The Morgan fingerprint density at radius 3 is 2.56 bits per heavy atom. The number of aromatic amines is 1. The van der Waals surface area contributed by atoms with E-state index in [0.717, 1.165) is 27.4 Å². The van der Waals surface area contributed by atoms with Gasteiger partial charge >= 0.3 is 0 Å². The van der Waals surface area contributed by atoms with E-state index >= 15 is 0 Å². The van der Waals surface area contributed by atoms with Gasteiger partial charge in [-0.1, -0.05) is 35.9 Å². The van der Waals surface area contributed by atoms with Gasteiger partial charge in [-0.25, -0.2) is 0 Å². The van der Waals surface area contributed by atoms with E-state index in [1.807, 2.05) is 24.5 Å². The van der Waals surface area contributed by atoms with Crippen LogP contribution < -0.4 is 0 Å². The molecule has 1 N–H and O–H groups in total. The number of amides is 3. The van der Waals surface area contributed by atoms with Crippen LogP contribution in [0.3, 0.4) is 0 Å². The molecule has 0 saturated heterocycles. The third kappa shape index (κ3) is 3.91. The van der Waals surface area contributed by atoms with E-state index in [1.54, 1.807) is 47.0 Å². The Morgan fingerprint density at radius 1 is 1.15 bits per heavy atom. The van der Waals surface area contributed by atoms with Crippen molar-refractivity contribution in [2.75, 3.05) is 18.6 Å². The maximum absolute atomic E-state index is 13.8. The van der Waals surface area contributed by atoms with E-state index in [-0.39, 0.29) is 5.91 Å². The van der Waals surface area contributed by atoms with Gasteiger partial charge in [0.25, 0.3) is 11.8 Å². The summed E-state index contributed by atoms with van der Waals surface area (Å²) in [6.45, 7) is 0.841. The van der Waals surface area contributed by atoms with Crippen LogP contribution in [0.15, 0.2) is 48.5 Å². The average Bonchev–Trinajstić information content (AvgIpc) is 3.38. The van der Waals surface area contributed by atoms with Crippen LogP contribution in [-0.2, 0) is 17.8 Å². The summed E-state index contributed by atoms with van der Waals surface area (Å²) in [5, 5.41) is 8.19. The fraction of sp³-hybridized carbons (Fsp3) is 0.280. The van der Waals surface area contributed by atoms with Crippen molar-refractivity contribution in [3.63, 3.8) is 0 Å². The minimum absolute atomic E-state index is 0.215. The second-order valence-electron chi connectivity index (χ2n) is 8.37. The van der Waals surface area contributed by atoms with Gasteiger partial charge in [-0.2, -0.15) is 16.9 Å². The highest BCUT2D eigenvalue weighted by Gasteiger charge is 2.44.